The average molecular weight is 286 g/mol. The fourth-order valence-electron chi connectivity index (χ4n) is 0.896. The lowest BCUT2D eigenvalue weighted by Gasteiger charge is -2.12. The van der Waals surface area contributed by atoms with Crippen LogP contribution in [0.4, 0.5) is 5.69 Å². The summed E-state index contributed by atoms with van der Waals surface area (Å²) in [4.78, 5) is 0. The van der Waals surface area contributed by atoms with Crippen LogP contribution in [-0.4, -0.2) is 11.7 Å². The highest BCUT2D eigenvalue weighted by atomic mass is 79.9. The Bertz CT molecular complexity index is 354. The molecule has 5 heteroatoms. The Kier molecular flexibility index (Phi) is 5.14. The Balaban J connectivity index is 2.40. The quantitative estimate of drug-likeness (QED) is 0.451. The molecule has 1 rings (SSSR count). The number of hydrogen-bond donors (Lipinski definition) is 3. The molecule has 0 spiro atoms. The summed E-state index contributed by atoms with van der Waals surface area (Å²) in [6.07, 6.45) is 1.74. The van der Waals surface area contributed by atoms with Crippen LogP contribution in [0.3, 0.4) is 0 Å². The molecule has 0 bridgehead atoms. The molecule has 0 heterocycles. The molecule has 0 fully saturated rings. The fraction of sp³-hybridized carbons (Fsp3) is 0.100. The van der Waals surface area contributed by atoms with E-state index >= 15 is 0 Å². The predicted octanol–water partition coefficient (Wildman–Crippen LogP) is 2.43. The molecule has 3 N–H and O–H groups in total. The normalized spacial score (nSPS) is 9.13. The molecule has 1 aromatic carbocycles. The first-order chi connectivity index (χ1) is 7.24. The minimum absolute atomic E-state index is 0.533. The first kappa shape index (κ1) is 12.0. The Morgan fingerprint density at radius 3 is 2.87 bits per heavy atom. The van der Waals surface area contributed by atoms with Crippen molar-refractivity contribution in [3.8, 4) is 0 Å². The predicted molar refractivity (Wildman–Crippen MR) is 71.7 cm³/mol. The molecule has 0 aliphatic heterocycles. The van der Waals surface area contributed by atoms with Gasteiger partial charge in [0.2, 0.25) is 0 Å². The molecule has 0 aliphatic carbocycles. The number of rotatable bonds is 4. The Morgan fingerprint density at radius 2 is 2.20 bits per heavy atom. The Labute approximate surface area is 103 Å². The monoisotopic (exact) mass is 285 g/mol. The van der Waals surface area contributed by atoms with Gasteiger partial charge in [0.05, 0.1) is 5.69 Å². The summed E-state index contributed by atoms with van der Waals surface area (Å²) in [5, 5.41) is 3.48. The maximum absolute atomic E-state index is 5.01. The van der Waals surface area contributed by atoms with E-state index in [-0.39, 0.29) is 0 Å². The summed E-state index contributed by atoms with van der Waals surface area (Å²) in [6.45, 7) is 4.23. The van der Waals surface area contributed by atoms with Crippen molar-refractivity contribution in [3.05, 3.63) is 41.4 Å². The summed E-state index contributed by atoms with van der Waals surface area (Å²) in [5.41, 5.74) is 6.78. The van der Waals surface area contributed by atoms with Crippen LogP contribution in [0.1, 0.15) is 0 Å². The number of hydrogen-bond acceptors (Lipinski definition) is 2. The lowest BCUT2D eigenvalue weighted by molar-refractivity contribution is 0.978. The molecule has 0 amide bonds. The summed E-state index contributed by atoms with van der Waals surface area (Å²) in [6, 6.07) is 7.77. The lowest BCUT2D eigenvalue weighted by atomic mass is 10.3. The molecule has 0 atom stereocenters. The van der Waals surface area contributed by atoms with E-state index in [9.17, 15) is 0 Å². The van der Waals surface area contributed by atoms with E-state index in [4.69, 9.17) is 12.2 Å². The smallest absolute Gasteiger partial charge is 0.185 e. The standard InChI is InChI=1S/C10H12BrN3S/c1-2-7-12-10(15)14-13-9-6-4-3-5-8(9)11/h2-6,13H,1,7H2,(H2,12,14,15). The number of benzene rings is 1. The third-order valence-electron chi connectivity index (χ3n) is 1.59. The van der Waals surface area contributed by atoms with Crippen LogP contribution in [-0.2, 0) is 0 Å². The average Bonchev–Trinajstić information content (AvgIpc) is 2.25. The van der Waals surface area contributed by atoms with Crippen LogP contribution in [0.15, 0.2) is 41.4 Å². The highest BCUT2D eigenvalue weighted by Crippen LogP contribution is 2.19. The van der Waals surface area contributed by atoms with Gasteiger partial charge < -0.3 is 5.32 Å². The van der Waals surface area contributed by atoms with Crippen molar-refractivity contribution < 1.29 is 0 Å². The van der Waals surface area contributed by atoms with Crippen molar-refractivity contribution in [1.29, 1.82) is 0 Å². The summed E-state index contributed by atoms with van der Waals surface area (Å²) >= 11 is 8.43. The van der Waals surface area contributed by atoms with E-state index in [2.05, 4.69) is 38.7 Å². The molecule has 0 aromatic heterocycles. The van der Waals surface area contributed by atoms with Gasteiger partial charge in [-0.25, -0.2) is 0 Å². The van der Waals surface area contributed by atoms with Gasteiger partial charge in [-0.1, -0.05) is 18.2 Å². The zero-order valence-corrected chi connectivity index (χ0v) is 10.5. The van der Waals surface area contributed by atoms with E-state index in [0.717, 1.165) is 10.2 Å². The second kappa shape index (κ2) is 6.42. The molecule has 0 saturated carbocycles. The van der Waals surface area contributed by atoms with Crippen LogP contribution in [0.2, 0.25) is 0 Å². The molecule has 15 heavy (non-hydrogen) atoms. The topological polar surface area (TPSA) is 36.1 Å². The van der Waals surface area contributed by atoms with E-state index < -0.39 is 0 Å². The number of hydrazine groups is 1. The lowest BCUT2D eigenvalue weighted by Crippen LogP contribution is -2.38. The van der Waals surface area contributed by atoms with Gasteiger partial charge >= 0.3 is 0 Å². The highest BCUT2D eigenvalue weighted by Gasteiger charge is 1.97. The molecule has 0 unspecified atom stereocenters. The first-order valence-corrected chi connectivity index (χ1v) is 5.59. The van der Waals surface area contributed by atoms with E-state index in [1.807, 2.05) is 24.3 Å². The largest absolute Gasteiger partial charge is 0.358 e. The number of nitrogens with one attached hydrogen (secondary N) is 3. The fourth-order valence-corrected chi connectivity index (χ4v) is 1.41. The van der Waals surface area contributed by atoms with Gasteiger partial charge in [0.15, 0.2) is 5.11 Å². The second-order valence-electron chi connectivity index (χ2n) is 2.73. The van der Waals surface area contributed by atoms with Crippen molar-refractivity contribution in [2.24, 2.45) is 0 Å². The maximum Gasteiger partial charge on any atom is 0.185 e. The second-order valence-corrected chi connectivity index (χ2v) is 3.99. The Hall–Kier alpha value is -1.07. The van der Waals surface area contributed by atoms with Gasteiger partial charge in [-0.15, -0.1) is 6.58 Å². The summed E-state index contributed by atoms with van der Waals surface area (Å²) in [5.74, 6) is 0. The Morgan fingerprint density at radius 1 is 1.47 bits per heavy atom. The van der Waals surface area contributed by atoms with Gasteiger partial charge in [0.1, 0.15) is 0 Å². The zero-order chi connectivity index (χ0) is 11.1. The number of thiocarbonyl (C=S) groups is 1. The van der Waals surface area contributed by atoms with Gasteiger partial charge in [-0.3, -0.25) is 10.9 Å². The molecule has 0 aliphatic rings. The SMILES string of the molecule is C=CCNC(=S)NNc1ccccc1Br. The molecule has 80 valence electrons. The van der Waals surface area contributed by atoms with Crippen molar-refractivity contribution in [2.75, 3.05) is 12.0 Å². The van der Waals surface area contributed by atoms with Crippen molar-refractivity contribution in [3.63, 3.8) is 0 Å². The van der Waals surface area contributed by atoms with Crippen LogP contribution in [0.25, 0.3) is 0 Å². The minimum atomic E-state index is 0.533. The van der Waals surface area contributed by atoms with Gasteiger partial charge in [0, 0.05) is 11.0 Å². The van der Waals surface area contributed by atoms with E-state index in [0.29, 0.717) is 11.7 Å². The maximum atomic E-state index is 5.01. The summed E-state index contributed by atoms with van der Waals surface area (Å²) in [7, 11) is 0. The van der Waals surface area contributed by atoms with E-state index in [1.54, 1.807) is 6.08 Å². The van der Waals surface area contributed by atoms with Crippen LogP contribution >= 0.6 is 28.1 Å². The number of halogens is 1. The molecular weight excluding hydrogens is 274 g/mol. The first-order valence-electron chi connectivity index (χ1n) is 4.39. The van der Waals surface area contributed by atoms with Gasteiger partial charge in [0.25, 0.3) is 0 Å². The van der Waals surface area contributed by atoms with Crippen LogP contribution in [0.5, 0.6) is 0 Å². The highest BCUT2D eigenvalue weighted by molar-refractivity contribution is 9.10. The van der Waals surface area contributed by atoms with Gasteiger partial charge in [-0.2, -0.15) is 0 Å². The van der Waals surface area contributed by atoms with Crippen molar-refractivity contribution in [2.45, 2.75) is 0 Å². The molecule has 0 radical (unpaired) electrons. The number of para-hydroxylation sites is 1. The minimum Gasteiger partial charge on any atom is -0.358 e. The van der Waals surface area contributed by atoms with E-state index in [1.165, 1.54) is 0 Å². The third kappa shape index (κ3) is 4.31. The molecule has 3 nitrogen and oxygen atoms in total. The molecular formula is C10H12BrN3S. The van der Waals surface area contributed by atoms with Crippen molar-refractivity contribution in [1.82, 2.24) is 10.7 Å². The molecule has 1 aromatic rings. The zero-order valence-electron chi connectivity index (χ0n) is 8.09. The van der Waals surface area contributed by atoms with Crippen LogP contribution < -0.4 is 16.2 Å². The van der Waals surface area contributed by atoms with Crippen molar-refractivity contribution >= 4 is 38.9 Å². The summed E-state index contributed by atoms with van der Waals surface area (Å²) < 4.78 is 0.976. The number of anilines is 1. The van der Waals surface area contributed by atoms with Gasteiger partial charge in [-0.05, 0) is 40.3 Å². The third-order valence-corrected chi connectivity index (χ3v) is 2.53. The molecule has 0 saturated heterocycles. The van der Waals surface area contributed by atoms with Crippen LogP contribution in [0, 0.1) is 0 Å².